The molecule has 0 radical (unpaired) electrons. The quantitative estimate of drug-likeness (QED) is 0.773. The maximum Gasteiger partial charge on any atom is 0.338 e. The molecule has 0 atom stereocenters. The fraction of sp³-hybridized carbons (Fsp3) is 0.176. The van der Waals surface area contributed by atoms with Crippen LogP contribution in [0, 0.1) is 13.8 Å². The van der Waals surface area contributed by atoms with Gasteiger partial charge in [0.15, 0.2) is 6.61 Å². The molecule has 4 nitrogen and oxygen atoms in total. The second-order valence-corrected chi connectivity index (χ2v) is 6.27. The van der Waals surface area contributed by atoms with Crippen molar-refractivity contribution in [3.8, 4) is 0 Å². The van der Waals surface area contributed by atoms with E-state index in [0.29, 0.717) is 16.3 Å². The predicted molar refractivity (Wildman–Crippen MR) is 94.0 cm³/mol. The molecule has 0 spiro atoms. The molecule has 0 saturated heterocycles. The first kappa shape index (κ1) is 17.5. The minimum Gasteiger partial charge on any atom is -0.452 e. The molecule has 0 unspecified atom stereocenters. The van der Waals surface area contributed by atoms with Gasteiger partial charge in [-0.25, -0.2) is 4.79 Å². The third kappa shape index (κ3) is 4.56. The lowest BCUT2D eigenvalue weighted by Crippen LogP contribution is -2.21. The van der Waals surface area contributed by atoms with Gasteiger partial charge < -0.3 is 10.1 Å². The van der Waals surface area contributed by atoms with Gasteiger partial charge in [0.25, 0.3) is 5.91 Å². The van der Waals surface area contributed by atoms with Crippen molar-refractivity contribution in [3.05, 3.63) is 62.6 Å². The van der Waals surface area contributed by atoms with Gasteiger partial charge in [-0.3, -0.25) is 4.79 Å². The molecule has 0 saturated carbocycles. The van der Waals surface area contributed by atoms with E-state index in [1.165, 1.54) is 0 Å². The van der Waals surface area contributed by atoms with Crippen LogP contribution in [0.25, 0.3) is 0 Å². The van der Waals surface area contributed by atoms with Crippen LogP contribution < -0.4 is 5.32 Å². The molecular weight excluding hydrogens is 382 g/mol. The first-order valence-electron chi connectivity index (χ1n) is 6.86. The number of carbonyl (C=O) groups excluding carboxylic acids is 2. The number of esters is 1. The molecule has 0 aliphatic carbocycles. The second kappa shape index (κ2) is 7.62. The van der Waals surface area contributed by atoms with Crippen molar-refractivity contribution < 1.29 is 14.3 Å². The molecule has 23 heavy (non-hydrogen) atoms. The van der Waals surface area contributed by atoms with Gasteiger partial charge in [0.1, 0.15) is 0 Å². The summed E-state index contributed by atoms with van der Waals surface area (Å²) in [4.78, 5) is 23.8. The van der Waals surface area contributed by atoms with Crippen LogP contribution in [0.5, 0.6) is 0 Å². The summed E-state index contributed by atoms with van der Waals surface area (Å²) in [6.45, 7) is 3.51. The van der Waals surface area contributed by atoms with Crippen LogP contribution in [0.2, 0.25) is 5.02 Å². The van der Waals surface area contributed by atoms with Crippen molar-refractivity contribution in [1.82, 2.24) is 0 Å². The minimum absolute atomic E-state index is 0.345. The van der Waals surface area contributed by atoms with E-state index in [1.807, 2.05) is 19.9 Å². The Morgan fingerprint density at radius 1 is 1.09 bits per heavy atom. The Hall–Kier alpha value is -1.85. The van der Waals surface area contributed by atoms with Gasteiger partial charge in [0.05, 0.1) is 5.56 Å². The maximum absolute atomic E-state index is 11.9. The van der Waals surface area contributed by atoms with E-state index in [0.717, 1.165) is 15.6 Å². The highest BCUT2D eigenvalue weighted by atomic mass is 79.9. The molecule has 0 aliphatic rings. The second-order valence-electron chi connectivity index (χ2n) is 4.98. The number of ether oxygens (including phenoxy) is 1. The van der Waals surface area contributed by atoms with Crippen LogP contribution in [-0.4, -0.2) is 18.5 Å². The molecule has 0 bridgehead atoms. The van der Waals surface area contributed by atoms with Gasteiger partial charge in [-0.15, -0.1) is 0 Å². The van der Waals surface area contributed by atoms with E-state index < -0.39 is 11.9 Å². The van der Waals surface area contributed by atoms with Crippen molar-refractivity contribution in [2.45, 2.75) is 13.8 Å². The third-order valence-corrected chi connectivity index (χ3v) is 4.52. The Labute approximate surface area is 147 Å². The van der Waals surface area contributed by atoms with Crippen molar-refractivity contribution >= 4 is 45.1 Å². The van der Waals surface area contributed by atoms with Gasteiger partial charge in [-0.2, -0.15) is 0 Å². The summed E-state index contributed by atoms with van der Waals surface area (Å²) in [5.74, 6) is -0.960. The number of anilines is 1. The van der Waals surface area contributed by atoms with E-state index >= 15 is 0 Å². The van der Waals surface area contributed by atoms with Gasteiger partial charge in [0.2, 0.25) is 0 Å². The summed E-state index contributed by atoms with van der Waals surface area (Å²) >= 11 is 9.19. The molecule has 120 valence electrons. The summed E-state index contributed by atoms with van der Waals surface area (Å²) < 4.78 is 5.97. The van der Waals surface area contributed by atoms with Crippen molar-refractivity contribution in [2.24, 2.45) is 0 Å². The monoisotopic (exact) mass is 395 g/mol. The maximum atomic E-state index is 11.9. The van der Waals surface area contributed by atoms with Crippen LogP contribution in [0.1, 0.15) is 21.5 Å². The molecule has 2 aromatic rings. The molecule has 2 aromatic carbocycles. The Bertz CT molecular complexity index is 744. The van der Waals surface area contributed by atoms with E-state index in [2.05, 4.69) is 21.2 Å². The highest BCUT2D eigenvalue weighted by Crippen LogP contribution is 2.25. The van der Waals surface area contributed by atoms with E-state index in [1.54, 1.807) is 30.3 Å². The third-order valence-electron chi connectivity index (χ3n) is 3.41. The molecule has 0 fully saturated rings. The highest BCUT2D eigenvalue weighted by Gasteiger charge is 2.12. The smallest absolute Gasteiger partial charge is 0.338 e. The number of carbonyl (C=O) groups is 2. The van der Waals surface area contributed by atoms with Gasteiger partial charge >= 0.3 is 5.97 Å². The van der Waals surface area contributed by atoms with Crippen LogP contribution in [0.4, 0.5) is 5.69 Å². The predicted octanol–water partition coefficient (Wildman–Crippen LogP) is 4.51. The highest BCUT2D eigenvalue weighted by molar-refractivity contribution is 9.10. The molecule has 0 aliphatic heterocycles. The number of hydrogen-bond acceptors (Lipinski definition) is 3. The molecular formula is C17H15BrClNO3. The molecule has 0 heterocycles. The number of benzene rings is 2. The van der Waals surface area contributed by atoms with Gasteiger partial charge in [-0.1, -0.05) is 27.5 Å². The summed E-state index contributed by atoms with van der Waals surface area (Å²) in [7, 11) is 0. The zero-order valence-corrected chi connectivity index (χ0v) is 15.0. The Morgan fingerprint density at radius 2 is 1.74 bits per heavy atom. The van der Waals surface area contributed by atoms with Gasteiger partial charge in [0, 0.05) is 15.2 Å². The Morgan fingerprint density at radius 3 is 2.39 bits per heavy atom. The van der Waals surface area contributed by atoms with Gasteiger partial charge in [-0.05, 0) is 61.4 Å². The number of amides is 1. The van der Waals surface area contributed by atoms with Crippen molar-refractivity contribution in [1.29, 1.82) is 0 Å². The SMILES string of the molecule is Cc1c(Br)ccc(NC(=O)COC(=O)c2ccc(Cl)cc2)c1C. The minimum atomic E-state index is -0.569. The standard InChI is InChI=1S/C17H15BrClNO3/c1-10-11(2)15(8-7-14(10)18)20-16(21)9-23-17(22)12-3-5-13(19)6-4-12/h3-8H,9H2,1-2H3,(H,20,21). The average Bonchev–Trinajstić information content (AvgIpc) is 2.54. The first-order chi connectivity index (χ1) is 10.9. The summed E-state index contributed by atoms with van der Waals surface area (Å²) in [5, 5.41) is 3.26. The van der Waals surface area contributed by atoms with Crippen molar-refractivity contribution in [3.63, 3.8) is 0 Å². The Balaban J connectivity index is 1.94. The summed E-state index contributed by atoms with van der Waals surface area (Å²) in [5.41, 5.74) is 3.04. The molecule has 1 N–H and O–H groups in total. The largest absolute Gasteiger partial charge is 0.452 e. The van der Waals surface area contributed by atoms with Crippen LogP contribution >= 0.6 is 27.5 Å². The Kier molecular flexibility index (Phi) is 5.80. The molecule has 6 heteroatoms. The molecule has 2 rings (SSSR count). The average molecular weight is 397 g/mol. The number of rotatable bonds is 4. The fourth-order valence-corrected chi connectivity index (χ4v) is 2.47. The number of hydrogen-bond donors (Lipinski definition) is 1. The van der Waals surface area contributed by atoms with E-state index in [4.69, 9.17) is 16.3 Å². The zero-order chi connectivity index (χ0) is 17.0. The zero-order valence-electron chi connectivity index (χ0n) is 12.7. The lowest BCUT2D eigenvalue weighted by molar-refractivity contribution is -0.119. The molecule has 0 aromatic heterocycles. The van der Waals surface area contributed by atoms with E-state index in [9.17, 15) is 9.59 Å². The lowest BCUT2D eigenvalue weighted by atomic mass is 10.1. The topological polar surface area (TPSA) is 55.4 Å². The fourth-order valence-electron chi connectivity index (χ4n) is 1.91. The summed E-state index contributed by atoms with van der Waals surface area (Å²) in [6.07, 6.45) is 0. The van der Waals surface area contributed by atoms with E-state index in [-0.39, 0.29) is 6.61 Å². The normalized spacial score (nSPS) is 10.3. The number of nitrogens with one attached hydrogen (secondary N) is 1. The number of halogens is 2. The van der Waals surface area contributed by atoms with Crippen LogP contribution in [0.15, 0.2) is 40.9 Å². The van der Waals surface area contributed by atoms with Crippen LogP contribution in [-0.2, 0) is 9.53 Å². The van der Waals surface area contributed by atoms with Crippen LogP contribution in [0.3, 0.4) is 0 Å². The lowest BCUT2D eigenvalue weighted by Gasteiger charge is -2.12. The molecule has 1 amide bonds. The van der Waals surface area contributed by atoms with Crippen molar-refractivity contribution in [2.75, 3.05) is 11.9 Å². The summed E-state index contributed by atoms with van der Waals surface area (Å²) in [6, 6.07) is 9.93. The first-order valence-corrected chi connectivity index (χ1v) is 8.04.